The maximum atomic E-state index is 6.09. The summed E-state index contributed by atoms with van der Waals surface area (Å²) in [6, 6.07) is -0.256. The monoisotopic (exact) mass is 239 g/mol. The van der Waals surface area contributed by atoms with E-state index in [1.54, 1.807) is 0 Å². The largest absolute Gasteiger partial charge is 0.367 e. The maximum absolute atomic E-state index is 6.09. The second-order valence-electron chi connectivity index (χ2n) is 5.98. The Kier molecular flexibility index (Phi) is 2.99. The van der Waals surface area contributed by atoms with Gasteiger partial charge in [0.25, 0.3) is 0 Å². The molecule has 0 spiro atoms. The van der Waals surface area contributed by atoms with Gasteiger partial charge in [0.1, 0.15) is 5.60 Å². The summed E-state index contributed by atoms with van der Waals surface area (Å²) in [4.78, 5) is 4.40. The lowest BCUT2D eigenvalue weighted by atomic mass is 9.87. The van der Waals surface area contributed by atoms with Crippen molar-refractivity contribution < 1.29 is 9.26 Å². The molecule has 0 radical (unpaired) electrons. The SMILES string of the molecule is CC1(c2noc([C@H](N)C(C)(C)C)n2)CCCO1. The zero-order chi connectivity index (χ0) is 12.7. The van der Waals surface area contributed by atoms with Crippen LogP contribution in [-0.2, 0) is 10.3 Å². The van der Waals surface area contributed by atoms with Crippen LogP contribution in [0.15, 0.2) is 4.52 Å². The van der Waals surface area contributed by atoms with Crippen LogP contribution in [0.25, 0.3) is 0 Å². The summed E-state index contributed by atoms with van der Waals surface area (Å²) in [6.45, 7) is 8.91. The van der Waals surface area contributed by atoms with E-state index in [0.717, 1.165) is 19.4 Å². The highest BCUT2D eigenvalue weighted by atomic mass is 16.5. The molecule has 2 heterocycles. The van der Waals surface area contributed by atoms with Crippen molar-refractivity contribution in [1.29, 1.82) is 0 Å². The minimum Gasteiger partial charge on any atom is -0.367 e. The fourth-order valence-corrected chi connectivity index (χ4v) is 1.90. The second kappa shape index (κ2) is 4.07. The van der Waals surface area contributed by atoms with Crippen molar-refractivity contribution in [3.63, 3.8) is 0 Å². The van der Waals surface area contributed by atoms with Crippen molar-refractivity contribution in [1.82, 2.24) is 10.1 Å². The standard InChI is InChI=1S/C12H21N3O2/c1-11(2,3)8(13)9-14-10(15-17-9)12(4)6-5-7-16-12/h8H,5-7,13H2,1-4H3/t8-,12?/m0/s1. The van der Waals surface area contributed by atoms with Gasteiger partial charge >= 0.3 is 0 Å². The predicted octanol–water partition coefficient (Wildman–Crippen LogP) is 2.14. The van der Waals surface area contributed by atoms with Crippen molar-refractivity contribution >= 4 is 0 Å². The van der Waals surface area contributed by atoms with Crippen molar-refractivity contribution in [3.8, 4) is 0 Å². The van der Waals surface area contributed by atoms with Gasteiger partial charge in [0.15, 0.2) is 0 Å². The Labute approximate surface area is 102 Å². The van der Waals surface area contributed by atoms with Gasteiger partial charge in [-0.25, -0.2) is 0 Å². The van der Waals surface area contributed by atoms with Gasteiger partial charge in [-0.05, 0) is 25.2 Å². The van der Waals surface area contributed by atoms with Gasteiger partial charge in [0.2, 0.25) is 11.7 Å². The number of nitrogens with zero attached hydrogens (tertiary/aromatic N) is 2. The molecule has 2 N–H and O–H groups in total. The van der Waals surface area contributed by atoms with Crippen LogP contribution in [-0.4, -0.2) is 16.7 Å². The highest BCUT2D eigenvalue weighted by molar-refractivity contribution is 5.04. The van der Waals surface area contributed by atoms with E-state index in [-0.39, 0.29) is 11.5 Å². The number of nitrogens with two attached hydrogens (primary N) is 1. The van der Waals surface area contributed by atoms with Crippen molar-refractivity contribution in [2.75, 3.05) is 6.61 Å². The lowest BCUT2D eigenvalue weighted by molar-refractivity contribution is 0.00768. The molecule has 0 saturated carbocycles. The molecular weight excluding hydrogens is 218 g/mol. The van der Waals surface area contributed by atoms with Crippen molar-refractivity contribution in [2.45, 2.75) is 52.2 Å². The van der Waals surface area contributed by atoms with E-state index in [9.17, 15) is 0 Å². The van der Waals surface area contributed by atoms with Crippen LogP contribution in [0.4, 0.5) is 0 Å². The van der Waals surface area contributed by atoms with Gasteiger partial charge in [-0.3, -0.25) is 0 Å². The van der Waals surface area contributed by atoms with Crippen LogP contribution < -0.4 is 5.73 Å². The molecular formula is C12H21N3O2. The first kappa shape index (κ1) is 12.5. The van der Waals surface area contributed by atoms with Gasteiger partial charge in [-0.15, -0.1) is 0 Å². The van der Waals surface area contributed by atoms with Crippen LogP contribution in [0.2, 0.25) is 0 Å². The molecule has 1 aromatic rings. The van der Waals surface area contributed by atoms with Gasteiger partial charge in [0, 0.05) is 6.61 Å². The summed E-state index contributed by atoms with van der Waals surface area (Å²) >= 11 is 0. The van der Waals surface area contributed by atoms with E-state index in [2.05, 4.69) is 30.9 Å². The fourth-order valence-electron chi connectivity index (χ4n) is 1.90. The molecule has 0 amide bonds. The molecule has 5 heteroatoms. The summed E-state index contributed by atoms with van der Waals surface area (Å²) in [5.41, 5.74) is 5.59. The van der Waals surface area contributed by atoms with Crippen molar-refractivity contribution in [3.05, 3.63) is 11.7 Å². The molecule has 17 heavy (non-hydrogen) atoms. The Hall–Kier alpha value is -0.940. The second-order valence-corrected chi connectivity index (χ2v) is 5.98. The Bertz CT molecular complexity index is 389. The fraction of sp³-hybridized carbons (Fsp3) is 0.833. The molecule has 0 aromatic carbocycles. The minimum atomic E-state index is -0.403. The van der Waals surface area contributed by atoms with Crippen LogP contribution in [0.5, 0.6) is 0 Å². The predicted molar refractivity (Wildman–Crippen MR) is 63.2 cm³/mol. The number of ether oxygens (including phenoxy) is 1. The van der Waals surface area contributed by atoms with E-state index in [1.807, 2.05) is 6.92 Å². The first-order valence-corrected chi connectivity index (χ1v) is 6.06. The first-order valence-electron chi connectivity index (χ1n) is 6.06. The summed E-state index contributed by atoms with van der Waals surface area (Å²) in [7, 11) is 0. The van der Waals surface area contributed by atoms with Gasteiger partial charge in [-0.2, -0.15) is 4.98 Å². The van der Waals surface area contributed by atoms with E-state index in [4.69, 9.17) is 15.0 Å². The van der Waals surface area contributed by atoms with Gasteiger partial charge in [0.05, 0.1) is 6.04 Å². The molecule has 0 aliphatic carbocycles. The molecule has 0 bridgehead atoms. The van der Waals surface area contributed by atoms with E-state index in [0.29, 0.717) is 11.7 Å². The van der Waals surface area contributed by atoms with Crippen LogP contribution in [0.1, 0.15) is 58.3 Å². The zero-order valence-electron chi connectivity index (χ0n) is 11.0. The van der Waals surface area contributed by atoms with Crippen LogP contribution >= 0.6 is 0 Å². The molecule has 2 atom stereocenters. The topological polar surface area (TPSA) is 74.2 Å². The van der Waals surface area contributed by atoms with E-state index >= 15 is 0 Å². The first-order chi connectivity index (χ1) is 7.83. The smallest absolute Gasteiger partial charge is 0.244 e. The van der Waals surface area contributed by atoms with E-state index < -0.39 is 5.60 Å². The van der Waals surface area contributed by atoms with Gasteiger partial charge < -0.3 is 15.0 Å². The summed E-state index contributed by atoms with van der Waals surface area (Å²) in [5.74, 6) is 1.11. The molecule has 1 fully saturated rings. The average molecular weight is 239 g/mol. The third-order valence-electron chi connectivity index (χ3n) is 3.33. The summed E-state index contributed by atoms with van der Waals surface area (Å²) in [6.07, 6.45) is 1.96. The third-order valence-corrected chi connectivity index (χ3v) is 3.33. The lowest BCUT2D eigenvalue weighted by Crippen LogP contribution is -2.27. The Morgan fingerprint density at radius 2 is 2.12 bits per heavy atom. The quantitative estimate of drug-likeness (QED) is 0.855. The Balaban J connectivity index is 2.21. The number of hydrogen-bond acceptors (Lipinski definition) is 5. The molecule has 1 aromatic heterocycles. The highest BCUT2D eigenvalue weighted by Gasteiger charge is 2.38. The molecule has 1 aliphatic rings. The van der Waals surface area contributed by atoms with Crippen LogP contribution in [0, 0.1) is 5.41 Å². The van der Waals surface area contributed by atoms with E-state index in [1.165, 1.54) is 0 Å². The summed E-state index contributed by atoms with van der Waals surface area (Å²) < 4.78 is 10.9. The maximum Gasteiger partial charge on any atom is 0.244 e. The molecule has 1 unspecified atom stereocenters. The lowest BCUT2D eigenvalue weighted by Gasteiger charge is -2.23. The Morgan fingerprint density at radius 1 is 1.41 bits per heavy atom. The average Bonchev–Trinajstić information content (AvgIpc) is 2.84. The molecule has 96 valence electrons. The molecule has 5 nitrogen and oxygen atoms in total. The minimum absolute atomic E-state index is 0.0960. The zero-order valence-corrected chi connectivity index (χ0v) is 11.0. The third kappa shape index (κ3) is 2.35. The number of rotatable bonds is 2. The highest BCUT2D eigenvalue weighted by Crippen LogP contribution is 2.35. The normalized spacial score (nSPS) is 27.4. The molecule has 1 saturated heterocycles. The number of aromatic nitrogens is 2. The molecule has 2 rings (SSSR count). The summed E-state index contributed by atoms with van der Waals surface area (Å²) in [5, 5.41) is 4.01. The number of hydrogen-bond donors (Lipinski definition) is 1. The molecule has 1 aliphatic heterocycles. The van der Waals surface area contributed by atoms with Gasteiger partial charge in [-0.1, -0.05) is 25.9 Å². The van der Waals surface area contributed by atoms with Crippen molar-refractivity contribution in [2.24, 2.45) is 11.1 Å². The Morgan fingerprint density at radius 3 is 2.65 bits per heavy atom. The van der Waals surface area contributed by atoms with Crippen LogP contribution in [0.3, 0.4) is 0 Å².